The number of hydrogen-bond acceptors (Lipinski definition) is 3. The summed E-state index contributed by atoms with van der Waals surface area (Å²) in [4.78, 5) is 27.0. The lowest BCUT2D eigenvalue weighted by Crippen LogP contribution is -2.36. The van der Waals surface area contributed by atoms with Crippen molar-refractivity contribution in [3.8, 4) is 0 Å². The van der Waals surface area contributed by atoms with Crippen LogP contribution in [-0.2, 0) is 11.2 Å². The molecular formula is C20H24ClN3O2. The standard InChI is InChI=1S/C20H23N3O2.ClH/c21-16-10-8-15(9-11-16)14-19(24)22-18-7-3-2-6-17(18)20(25)23-12-4-1-5-13-23;/h2-3,6-11H,1,4-5,12-14,21H2,(H,22,24);1H. The third kappa shape index (κ3) is 4.99. The number of anilines is 2. The molecule has 2 aromatic rings. The highest BCUT2D eigenvalue weighted by Gasteiger charge is 2.21. The van der Waals surface area contributed by atoms with E-state index >= 15 is 0 Å². The Morgan fingerprint density at radius 3 is 2.31 bits per heavy atom. The molecule has 1 fully saturated rings. The summed E-state index contributed by atoms with van der Waals surface area (Å²) >= 11 is 0. The largest absolute Gasteiger partial charge is 0.399 e. The Kier molecular flexibility index (Phi) is 7.04. The molecule has 0 atom stereocenters. The maximum Gasteiger partial charge on any atom is 0.255 e. The molecule has 138 valence electrons. The Morgan fingerprint density at radius 1 is 0.962 bits per heavy atom. The molecule has 1 heterocycles. The lowest BCUT2D eigenvalue weighted by Gasteiger charge is -2.27. The predicted octanol–water partition coefficient (Wildman–Crippen LogP) is 3.50. The van der Waals surface area contributed by atoms with E-state index in [1.165, 1.54) is 6.42 Å². The molecule has 1 aliphatic rings. The van der Waals surface area contributed by atoms with E-state index in [2.05, 4.69) is 5.32 Å². The number of piperidine rings is 1. The van der Waals surface area contributed by atoms with E-state index < -0.39 is 0 Å². The number of nitrogen functional groups attached to an aromatic ring is 1. The van der Waals surface area contributed by atoms with E-state index in [1.54, 1.807) is 24.3 Å². The number of halogens is 1. The second kappa shape index (κ2) is 9.25. The van der Waals surface area contributed by atoms with Crippen molar-refractivity contribution in [3.05, 3.63) is 59.7 Å². The number of hydrogen-bond donors (Lipinski definition) is 2. The molecule has 0 radical (unpaired) electrons. The van der Waals surface area contributed by atoms with Crippen molar-refractivity contribution in [2.45, 2.75) is 25.7 Å². The second-order valence-electron chi connectivity index (χ2n) is 6.36. The smallest absolute Gasteiger partial charge is 0.255 e. The minimum atomic E-state index is -0.149. The van der Waals surface area contributed by atoms with Crippen LogP contribution in [0.5, 0.6) is 0 Å². The molecule has 0 spiro atoms. The molecule has 0 aromatic heterocycles. The summed E-state index contributed by atoms with van der Waals surface area (Å²) < 4.78 is 0. The minimum absolute atomic E-state index is 0. The first-order valence-corrected chi connectivity index (χ1v) is 8.66. The topological polar surface area (TPSA) is 75.4 Å². The van der Waals surface area contributed by atoms with Gasteiger partial charge in [0.1, 0.15) is 0 Å². The first-order valence-electron chi connectivity index (χ1n) is 8.66. The summed E-state index contributed by atoms with van der Waals surface area (Å²) in [6.07, 6.45) is 3.49. The number of nitrogens with two attached hydrogens (primary N) is 1. The van der Waals surface area contributed by atoms with Crippen LogP contribution >= 0.6 is 12.4 Å². The van der Waals surface area contributed by atoms with Gasteiger partial charge in [0.15, 0.2) is 0 Å². The number of para-hydroxylation sites is 1. The Labute approximate surface area is 160 Å². The number of nitrogens with zero attached hydrogens (tertiary/aromatic N) is 1. The maximum absolute atomic E-state index is 12.8. The van der Waals surface area contributed by atoms with Crippen molar-refractivity contribution < 1.29 is 9.59 Å². The lowest BCUT2D eigenvalue weighted by atomic mass is 10.1. The van der Waals surface area contributed by atoms with E-state index in [9.17, 15) is 9.59 Å². The van der Waals surface area contributed by atoms with Crippen LogP contribution in [0.4, 0.5) is 11.4 Å². The summed E-state index contributed by atoms with van der Waals surface area (Å²) in [5, 5.41) is 2.88. The summed E-state index contributed by atoms with van der Waals surface area (Å²) in [5.74, 6) is -0.160. The Hall–Kier alpha value is -2.53. The van der Waals surface area contributed by atoms with Crippen LogP contribution in [0, 0.1) is 0 Å². The minimum Gasteiger partial charge on any atom is -0.399 e. The van der Waals surface area contributed by atoms with Crippen molar-refractivity contribution in [2.24, 2.45) is 0 Å². The number of benzene rings is 2. The summed E-state index contributed by atoms with van der Waals surface area (Å²) in [6, 6.07) is 14.4. The molecule has 3 rings (SSSR count). The van der Waals surface area contributed by atoms with Crippen LogP contribution in [0.3, 0.4) is 0 Å². The van der Waals surface area contributed by atoms with E-state index in [-0.39, 0.29) is 30.6 Å². The van der Waals surface area contributed by atoms with Crippen LogP contribution in [0.2, 0.25) is 0 Å². The average molecular weight is 374 g/mol. The van der Waals surface area contributed by atoms with Crippen molar-refractivity contribution in [2.75, 3.05) is 24.1 Å². The molecular weight excluding hydrogens is 350 g/mol. The normalized spacial score (nSPS) is 13.6. The molecule has 1 saturated heterocycles. The van der Waals surface area contributed by atoms with Crippen molar-refractivity contribution in [1.29, 1.82) is 0 Å². The van der Waals surface area contributed by atoms with Gasteiger partial charge >= 0.3 is 0 Å². The average Bonchev–Trinajstić information content (AvgIpc) is 2.64. The zero-order valence-corrected chi connectivity index (χ0v) is 15.4. The van der Waals surface area contributed by atoms with Gasteiger partial charge in [-0.15, -0.1) is 12.4 Å². The van der Waals surface area contributed by atoms with Crippen LogP contribution in [-0.4, -0.2) is 29.8 Å². The lowest BCUT2D eigenvalue weighted by molar-refractivity contribution is -0.115. The fraction of sp³-hybridized carbons (Fsp3) is 0.300. The summed E-state index contributed by atoms with van der Waals surface area (Å²) in [5.41, 5.74) is 8.33. The third-order valence-corrected chi connectivity index (χ3v) is 4.42. The first-order chi connectivity index (χ1) is 12.1. The number of nitrogens with one attached hydrogen (secondary N) is 1. The highest BCUT2D eigenvalue weighted by Crippen LogP contribution is 2.20. The molecule has 6 heteroatoms. The number of likely N-dealkylation sites (tertiary alicyclic amines) is 1. The molecule has 26 heavy (non-hydrogen) atoms. The van der Waals surface area contributed by atoms with Gasteiger partial charge in [0.25, 0.3) is 5.91 Å². The van der Waals surface area contributed by atoms with E-state index in [0.717, 1.165) is 31.5 Å². The molecule has 3 N–H and O–H groups in total. The van der Waals surface area contributed by atoms with Gasteiger partial charge in [-0.25, -0.2) is 0 Å². The van der Waals surface area contributed by atoms with Gasteiger partial charge in [-0.05, 0) is 49.1 Å². The van der Waals surface area contributed by atoms with E-state index in [4.69, 9.17) is 5.73 Å². The van der Waals surface area contributed by atoms with Crippen molar-refractivity contribution in [3.63, 3.8) is 0 Å². The molecule has 0 aliphatic carbocycles. The molecule has 2 amide bonds. The molecule has 1 aliphatic heterocycles. The molecule has 2 aromatic carbocycles. The van der Waals surface area contributed by atoms with Crippen LogP contribution in [0.15, 0.2) is 48.5 Å². The highest BCUT2D eigenvalue weighted by atomic mass is 35.5. The monoisotopic (exact) mass is 373 g/mol. The Morgan fingerprint density at radius 2 is 1.62 bits per heavy atom. The SMILES string of the molecule is Cl.Nc1ccc(CC(=O)Nc2ccccc2C(=O)N2CCCCC2)cc1. The number of carbonyl (C=O) groups is 2. The van der Waals surface area contributed by atoms with Gasteiger partial charge in [0.2, 0.25) is 5.91 Å². The van der Waals surface area contributed by atoms with Gasteiger partial charge < -0.3 is 16.0 Å². The Bertz CT molecular complexity index is 756. The fourth-order valence-electron chi connectivity index (χ4n) is 3.06. The first kappa shape index (κ1) is 19.8. The number of rotatable bonds is 4. The predicted molar refractivity (Wildman–Crippen MR) is 107 cm³/mol. The van der Waals surface area contributed by atoms with Gasteiger partial charge in [-0.3, -0.25) is 9.59 Å². The van der Waals surface area contributed by atoms with Gasteiger partial charge in [0, 0.05) is 18.8 Å². The van der Waals surface area contributed by atoms with Crippen molar-refractivity contribution >= 4 is 35.6 Å². The van der Waals surface area contributed by atoms with E-state index in [0.29, 0.717) is 16.9 Å². The fourth-order valence-corrected chi connectivity index (χ4v) is 3.06. The number of carbonyl (C=O) groups excluding carboxylic acids is 2. The third-order valence-electron chi connectivity index (χ3n) is 4.42. The van der Waals surface area contributed by atoms with Gasteiger partial charge in [0.05, 0.1) is 17.7 Å². The summed E-state index contributed by atoms with van der Waals surface area (Å²) in [7, 11) is 0. The van der Waals surface area contributed by atoms with Crippen molar-refractivity contribution in [1.82, 2.24) is 4.90 Å². The van der Waals surface area contributed by atoms with Crippen LogP contribution in [0.1, 0.15) is 35.2 Å². The van der Waals surface area contributed by atoms with E-state index in [1.807, 2.05) is 29.2 Å². The maximum atomic E-state index is 12.8. The quantitative estimate of drug-likeness (QED) is 0.805. The molecule has 5 nitrogen and oxygen atoms in total. The molecule has 0 unspecified atom stereocenters. The Balaban J connectivity index is 0.00000243. The van der Waals surface area contributed by atoms with Crippen LogP contribution in [0.25, 0.3) is 0 Å². The second-order valence-corrected chi connectivity index (χ2v) is 6.36. The molecule has 0 saturated carbocycles. The number of amides is 2. The zero-order valence-electron chi connectivity index (χ0n) is 14.6. The molecule has 0 bridgehead atoms. The van der Waals surface area contributed by atoms with Gasteiger partial charge in [-0.1, -0.05) is 24.3 Å². The zero-order chi connectivity index (χ0) is 17.6. The van der Waals surface area contributed by atoms with Crippen LogP contribution < -0.4 is 11.1 Å². The van der Waals surface area contributed by atoms with Gasteiger partial charge in [-0.2, -0.15) is 0 Å². The summed E-state index contributed by atoms with van der Waals surface area (Å²) in [6.45, 7) is 1.57. The highest BCUT2D eigenvalue weighted by molar-refractivity contribution is 6.04.